The van der Waals surface area contributed by atoms with Gasteiger partial charge in [-0.15, -0.1) is 0 Å². The number of carbonyl (C=O) groups is 2. The number of benzene rings is 2. The van der Waals surface area contributed by atoms with Crippen LogP contribution in [0.25, 0.3) is 6.08 Å². The topological polar surface area (TPSA) is 79.6 Å². The van der Waals surface area contributed by atoms with Gasteiger partial charge >= 0.3 is 0 Å². The Morgan fingerprint density at radius 1 is 1.17 bits per heavy atom. The second-order valence-electron chi connectivity index (χ2n) is 6.30. The molecule has 3 rings (SSSR count). The number of nitriles is 1. The highest BCUT2D eigenvalue weighted by molar-refractivity contribution is 8.18. The van der Waals surface area contributed by atoms with Crippen LogP contribution in [0.4, 0.5) is 4.79 Å². The number of ether oxygens (including phenoxy) is 2. The van der Waals surface area contributed by atoms with E-state index in [-0.39, 0.29) is 17.8 Å². The number of thioether (sulfide) groups is 1. The lowest BCUT2D eigenvalue weighted by Crippen LogP contribution is -2.28. The Bertz CT molecular complexity index is 1010. The van der Waals surface area contributed by atoms with E-state index in [4.69, 9.17) is 9.47 Å². The van der Waals surface area contributed by atoms with E-state index >= 15 is 0 Å². The summed E-state index contributed by atoms with van der Waals surface area (Å²) in [5, 5.41) is 8.94. The number of rotatable bonds is 7. The van der Waals surface area contributed by atoms with Crippen molar-refractivity contribution in [2.24, 2.45) is 0 Å². The Kier molecular flexibility index (Phi) is 6.57. The molecule has 7 heteroatoms. The van der Waals surface area contributed by atoms with Gasteiger partial charge in [0, 0.05) is 12.1 Å². The van der Waals surface area contributed by atoms with E-state index in [0.29, 0.717) is 28.5 Å². The molecule has 2 aromatic rings. The van der Waals surface area contributed by atoms with Gasteiger partial charge in [-0.05, 0) is 48.0 Å². The molecule has 1 heterocycles. The van der Waals surface area contributed by atoms with E-state index < -0.39 is 0 Å². The van der Waals surface area contributed by atoms with Gasteiger partial charge in [0.25, 0.3) is 11.1 Å². The molecule has 2 aromatic carbocycles. The van der Waals surface area contributed by atoms with Crippen molar-refractivity contribution >= 4 is 29.0 Å². The summed E-state index contributed by atoms with van der Waals surface area (Å²) in [6.07, 6.45) is 2.40. The highest BCUT2D eigenvalue weighted by atomic mass is 32.2. The molecular formula is C22H20N2O4S. The molecule has 6 nitrogen and oxygen atoms in total. The van der Waals surface area contributed by atoms with Crippen molar-refractivity contribution in [1.82, 2.24) is 4.90 Å². The van der Waals surface area contributed by atoms with Crippen LogP contribution in [0, 0.1) is 11.3 Å². The van der Waals surface area contributed by atoms with Crippen LogP contribution in [0.1, 0.15) is 30.0 Å². The fraction of sp³-hybridized carbons (Fsp3) is 0.227. The first-order chi connectivity index (χ1) is 14.1. The minimum absolute atomic E-state index is 0.231. The van der Waals surface area contributed by atoms with Gasteiger partial charge in [-0.3, -0.25) is 14.5 Å². The van der Waals surface area contributed by atoms with Crippen molar-refractivity contribution in [3.05, 3.63) is 64.1 Å². The highest BCUT2D eigenvalue weighted by Gasteiger charge is 2.34. The van der Waals surface area contributed by atoms with Crippen LogP contribution in [0.2, 0.25) is 0 Å². The Hall–Kier alpha value is -3.24. The number of hydrogen-bond acceptors (Lipinski definition) is 6. The molecule has 0 unspecified atom stereocenters. The van der Waals surface area contributed by atoms with Crippen molar-refractivity contribution in [3.63, 3.8) is 0 Å². The van der Waals surface area contributed by atoms with Crippen LogP contribution in [0.5, 0.6) is 11.5 Å². The number of hydrogen-bond donors (Lipinski definition) is 0. The smallest absolute Gasteiger partial charge is 0.293 e. The van der Waals surface area contributed by atoms with Gasteiger partial charge in [0.2, 0.25) is 0 Å². The van der Waals surface area contributed by atoms with Gasteiger partial charge in [-0.1, -0.05) is 31.2 Å². The first-order valence-electron chi connectivity index (χ1n) is 9.11. The molecule has 2 amide bonds. The fourth-order valence-electron chi connectivity index (χ4n) is 2.87. The third kappa shape index (κ3) is 4.61. The van der Waals surface area contributed by atoms with Crippen LogP contribution < -0.4 is 9.47 Å². The maximum Gasteiger partial charge on any atom is 0.293 e. The van der Waals surface area contributed by atoms with Gasteiger partial charge < -0.3 is 9.47 Å². The van der Waals surface area contributed by atoms with Gasteiger partial charge in [0.05, 0.1) is 23.6 Å². The lowest BCUT2D eigenvalue weighted by molar-refractivity contribution is -0.122. The molecule has 0 N–H and O–H groups in total. The quantitative estimate of drug-likeness (QED) is 0.623. The van der Waals surface area contributed by atoms with Gasteiger partial charge in [-0.2, -0.15) is 5.26 Å². The Morgan fingerprint density at radius 2 is 1.97 bits per heavy atom. The zero-order chi connectivity index (χ0) is 20.8. The van der Waals surface area contributed by atoms with E-state index in [9.17, 15) is 14.9 Å². The minimum Gasteiger partial charge on any atom is -0.493 e. The van der Waals surface area contributed by atoms with Crippen LogP contribution >= 0.6 is 11.8 Å². The lowest BCUT2D eigenvalue weighted by atomic mass is 10.1. The monoisotopic (exact) mass is 408 g/mol. The molecule has 1 saturated heterocycles. The van der Waals surface area contributed by atoms with Gasteiger partial charge in [0.15, 0.2) is 11.5 Å². The molecule has 29 heavy (non-hydrogen) atoms. The average Bonchev–Trinajstić information content (AvgIpc) is 3.00. The molecule has 0 atom stereocenters. The van der Waals surface area contributed by atoms with Crippen molar-refractivity contribution in [2.75, 3.05) is 13.7 Å². The molecule has 0 aromatic heterocycles. The normalized spacial score (nSPS) is 14.9. The SMILES string of the molecule is CCCN1C(=O)S/C(=C/c2ccc(OCc3ccccc3C#N)c(OC)c2)C1=O. The van der Waals surface area contributed by atoms with Crippen molar-refractivity contribution in [3.8, 4) is 17.6 Å². The average molecular weight is 408 g/mol. The van der Waals surface area contributed by atoms with E-state index in [0.717, 1.165) is 29.3 Å². The number of imide groups is 1. The molecule has 0 aliphatic carbocycles. The van der Waals surface area contributed by atoms with E-state index in [2.05, 4.69) is 6.07 Å². The Balaban J connectivity index is 1.78. The fourth-order valence-corrected chi connectivity index (χ4v) is 3.74. The molecule has 0 radical (unpaired) electrons. The maximum absolute atomic E-state index is 12.4. The summed E-state index contributed by atoms with van der Waals surface area (Å²) >= 11 is 0.942. The minimum atomic E-state index is -0.269. The number of nitrogens with zero attached hydrogens (tertiary/aromatic N) is 2. The Labute approximate surface area is 173 Å². The molecule has 148 valence electrons. The number of amides is 2. The largest absolute Gasteiger partial charge is 0.493 e. The third-order valence-electron chi connectivity index (χ3n) is 4.33. The molecular weight excluding hydrogens is 388 g/mol. The van der Waals surface area contributed by atoms with E-state index in [1.54, 1.807) is 36.4 Å². The summed E-state index contributed by atoms with van der Waals surface area (Å²) < 4.78 is 11.3. The maximum atomic E-state index is 12.4. The molecule has 1 fully saturated rings. The standard InChI is InChI=1S/C22H20N2O4S/c1-3-10-24-21(25)20(29-22(24)26)12-15-8-9-18(19(11-15)27-2)28-14-17-7-5-4-6-16(17)13-23/h4-9,11-12H,3,10,14H2,1-2H3/b20-12+. The Morgan fingerprint density at radius 3 is 2.69 bits per heavy atom. The molecule has 0 bridgehead atoms. The van der Waals surface area contributed by atoms with Gasteiger partial charge in [0.1, 0.15) is 6.61 Å². The predicted molar refractivity (Wildman–Crippen MR) is 111 cm³/mol. The summed E-state index contributed by atoms with van der Waals surface area (Å²) in [6.45, 7) is 2.57. The summed E-state index contributed by atoms with van der Waals surface area (Å²) in [6, 6.07) is 14.7. The van der Waals surface area contributed by atoms with E-state index in [1.807, 2.05) is 19.1 Å². The van der Waals surface area contributed by atoms with Crippen molar-refractivity contribution in [1.29, 1.82) is 5.26 Å². The molecule has 0 spiro atoms. The third-order valence-corrected chi connectivity index (χ3v) is 5.23. The van der Waals surface area contributed by atoms with Gasteiger partial charge in [-0.25, -0.2) is 0 Å². The predicted octanol–water partition coefficient (Wildman–Crippen LogP) is 4.59. The molecule has 1 aliphatic rings. The van der Waals surface area contributed by atoms with Crippen LogP contribution in [0.15, 0.2) is 47.4 Å². The first kappa shape index (κ1) is 20.5. The second-order valence-corrected chi connectivity index (χ2v) is 7.29. The van der Waals surface area contributed by atoms with Crippen LogP contribution in [-0.4, -0.2) is 29.7 Å². The van der Waals surface area contributed by atoms with Crippen molar-refractivity contribution in [2.45, 2.75) is 20.0 Å². The molecule has 0 saturated carbocycles. The number of carbonyl (C=O) groups excluding carboxylic acids is 2. The highest BCUT2D eigenvalue weighted by Crippen LogP contribution is 2.34. The van der Waals surface area contributed by atoms with Crippen molar-refractivity contribution < 1.29 is 19.1 Å². The summed E-state index contributed by atoms with van der Waals surface area (Å²) in [5.41, 5.74) is 2.07. The van der Waals surface area contributed by atoms with Crippen LogP contribution in [-0.2, 0) is 11.4 Å². The lowest BCUT2D eigenvalue weighted by Gasteiger charge is -2.12. The summed E-state index contributed by atoms with van der Waals surface area (Å²) in [7, 11) is 1.53. The van der Waals surface area contributed by atoms with E-state index in [1.165, 1.54) is 12.0 Å². The molecule has 1 aliphatic heterocycles. The zero-order valence-corrected chi connectivity index (χ0v) is 17.0. The first-order valence-corrected chi connectivity index (χ1v) is 9.93. The zero-order valence-electron chi connectivity index (χ0n) is 16.2. The van der Waals surface area contributed by atoms with Crippen LogP contribution in [0.3, 0.4) is 0 Å². The summed E-state index contributed by atoms with van der Waals surface area (Å²) in [4.78, 5) is 26.0. The number of methoxy groups -OCH3 is 1. The second kappa shape index (κ2) is 9.30. The summed E-state index contributed by atoms with van der Waals surface area (Å²) in [5.74, 6) is 0.756.